The van der Waals surface area contributed by atoms with Gasteiger partial charge in [0, 0.05) is 17.6 Å². The minimum Gasteiger partial charge on any atom is -0.494 e. The van der Waals surface area contributed by atoms with Gasteiger partial charge in [0.15, 0.2) is 0 Å². The van der Waals surface area contributed by atoms with Crippen LogP contribution >= 0.6 is 11.6 Å². The number of carbonyl (C=O) groups excluding carboxylic acids is 1. The van der Waals surface area contributed by atoms with Gasteiger partial charge in [-0.1, -0.05) is 28.9 Å². The number of amides is 1. The summed E-state index contributed by atoms with van der Waals surface area (Å²) in [5, 5.41) is 11.3. The molecule has 2 aromatic heterocycles. The molecular weight excluding hydrogens is 528 g/mol. The van der Waals surface area contributed by atoms with Gasteiger partial charge in [-0.05, 0) is 105 Å². The summed E-state index contributed by atoms with van der Waals surface area (Å²) in [7, 11) is 0. The van der Waals surface area contributed by atoms with Gasteiger partial charge in [-0.25, -0.2) is 14.6 Å². The number of aromatic nitrogens is 4. The molecule has 1 atom stereocenters. The van der Waals surface area contributed by atoms with Crippen LogP contribution in [0.2, 0.25) is 0 Å². The third-order valence-electron chi connectivity index (χ3n) is 7.37. The van der Waals surface area contributed by atoms with Crippen molar-refractivity contribution in [2.75, 3.05) is 11.9 Å². The Kier molecular flexibility index (Phi) is 8.12. The number of pyridine rings is 1. The number of allylic oxidation sites excluding steroid dienone is 4. The van der Waals surface area contributed by atoms with Crippen LogP contribution in [-0.2, 0) is 6.42 Å². The Balaban J connectivity index is 1.27. The highest BCUT2D eigenvalue weighted by molar-refractivity contribution is 6.31. The number of nitroso groups, excluding NO2 is 1. The van der Waals surface area contributed by atoms with Gasteiger partial charge in [0.1, 0.15) is 17.4 Å². The maximum Gasteiger partial charge on any atom is 0.296 e. The van der Waals surface area contributed by atoms with Crippen LogP contribution in [0.25, 0.3) is 11.1 Å². The van der Waals surface area contributed by atoms with E-state index in [4.69, 9.17) is 16.3 Å². The van der Waals surface area contributed by atoms with Gasteiger partial charge in [0.05, 0.1) is 18.2 Å². The molecule has 5 rings (SSSR count). The molecule has 0 spiro atoms. The van der Waals surface area contributed by atoms with Gasteiger partial charge in [0.25, 0.3) is 5.91 Å². The number of rotatable bonds is 10. The quantitative estimate of drug-likeness (QED) is 0.212. The molecule has 10 heteroatoms. The number of nitrogens with one attached hydrogen (secondary N) is 1. The Hall–Kier alpha value is -3.85. The number of nitrogens with zero attached hydrogens (tertiary/aromatic N) is 5. The number of benzene rings is 1. The molecule has 1 N–H and O–H groups in total. The maximum absolute atomic E-state index is 13.1. The van der Waals surface area contributed by atoms with E-state index in [9.17, 15) is 9.70 Å². The topological polar surface area (TPSA) is 111 Å². The fourth-order valence-electron chi connectivity index (χ4n) is 5.14. The van der Waals surface area contributed by atoms with Crippen molar-refractivity contribution in [3.05, 3.63) is 81.4 Å². The summed E-state index contributed by atoms with van der Waals surface area (Å²) >= 11 is 6.47. The molecule has 0 saturated carbocycles. The third-order valence-corrected chi connectivity index (χ3v) is 7.73. The molecule has 0 saturated heterocycles. The summed E-state index contributed by atoms with van der Waals surface area (Å²) in [6.07, 6.45) is 10.5. The largest absolute Gasteiger partial charge is 0.494 e. The molecule has 1 unspecified atom stereocenters. The number of anilines is 1. The molecule has 0 fully saturated rings. The van der Waals surface area contributed by atoms with E-state index in [0.717, 1.165) is 71.0 Å². The number of hydrogen-bond donors (Lipinski definition) is 1. The normalized spacial score (nSPS) is 16.6. The van der Waals surface area contributed by atoms with Gasteiger partial charge in [-0.3, -0.25) is 4.79 Å². The summed E-state index contributed by atoms with van der Waals surface area (Å²) < 4.78 is 7.79. The number of carbonyl (C=O) groups is 1. The second-order valence-electron chi connectivity index (χ2n) is 10.9. The average molecular weight is 561 g/mol. The fraction of sp³-hybridized carbons (Fsp3) is 0.400. The first-order valence-electron chi connectivity index (χ1n) is 13.6. The SMILES string of the molecule is Cc1ccc(OCCCC(C)(C)N=O)cc1-c1ccnc(NC(=O)c2nc3n(n2)C(C2=C(Cl)C=CCC2)CC3)c1. The fourth-order valence-corrected chi connectivity index (χ4v) is 5.45. The lowest BCUT2D eigenvalue weighted by Gasteiger charge is -2.19. The second-order valence-corrected chi connectivity index (χ2v) is 11.3. The molecule has 9 nitrogen and oxygen atoms in total. The first-order valence-corrected chi connectivity index (χ1v) is 14.0. The Morgan fingerprint density at radius 2 is 2.10 bits per heavy atom. The Labute approximate surface area is 238 Å². The van der Waals surface area contributed by atoms with Crippen LogP contribution in [0.1, 0.15) is 74.0 Å². The molecular formula is C30H33ClN6O3. The van der Waals surface area contributed by atoms with Crippen molar-refractivity contribution in [3.8, 4) is 16.9 Å². The lowest BCUT2D eigenvalue weighted by molar-refractivity contribution is 0.101. The van der Waals surface area contributed by atoms with Crippen LogP contribution in [0.15, 0.2) is 64.5 Å². The summed E-state index contributed by atoms with van der Waals surface area (Å²) in [4.78, 5) is 32.8. The van der Waals surface area contributed by atoms with Gasteiger partial charge in [-0.15, -0.1) is 5.10 Å². The van der Waals surface area contributed by atoms with E-state index in [1.807, 2.05) is 61.9 Å². The summed E-state index contributed by atoms with van der Waals surface area (Å²) in [5.41, 5.74) is 3.49. The van der Waals surface area contributed by atoms with Crippen molar-refractivity contribution in [1.82, 2.24) is 19.7 Å². The zero-order valence-corrected chi connectivity index (χ0v) is 23.7. The Bertz CT molecular complexity index is 1490. The van der Waals surface area contributed by atoms with Crippen molar-refractivity contribution < 1.29 is 9.53 Å². The van der Waals surface area contributed by atoms with Gasteiger partial charge in [-0.2, -0.15) is 4.91 Å². The lowest BCUT2D eigenvalue weighted by Crippen LogP contribution is -2.17. The molecule has 208 valence electrons. The Morgan fingerprint density at radius 3 is 2.90 bits per heavy atom. The van der Waals surface area contributed by atoms with E-state index in [1.54, 1.807) is 6.20 Å². The van der Waals surface area contributed by atoms with Crippen LogP contribution in [0.3, 0.4) is 0 Å². The van der Waals surface area contributed by atoms with E-state index in [-0.39, 0.29) is 11.9 Å². The van der Waals surface area contributed by atoms with Crippen LogP contribution in [0.4, 0.5) is 5.82 Å². The van der Waals surface area contributed by atoms with Crippen molar-refractivity contribution >= 4 is 23.3 Å². The van der Waals surface area contributed by atoms with Crippen molar-refractivity contribution in [1.29, 1.82) is 0 Å². The van der Waals surface area contributed by atoms with Gasteiger partial charge in [0.2, 0.25) is 5.82 Å². The second kappa shape index (κ2) is 11.7. The summed E-state index contributed by atoms with van der Waals surface area (Å²) in [6, 6.07) is 9.65. The van der Waals surface area contributed by atoms with Crippen LogP contribution < -0.4 is 10.1 Å². The van der Waals surface area contributed by atoms with E-state index in [1.165, 1.54) is 0 Å². The first-order chi connectivity index (χ1) is 19.2. The Morgan fingerprint density at radius 1 is 1.25 bits per heavy atom. The zero-order chi connectivity index (χ0) is 28.3. The summed E-state index contributed by atoms with van der Waals surface area (Å²) in [5.74, 6) is 1.65. The number of halogens is 1. The van der Waals surface area contributed by atoms with Crippen molar-refractivity contribution in [2.45, 2.75) is 70.9 Å². The number of aryl methyl sites for hydroxylation is 2. The van der Waals surface area contributed by atoms with E-state index in [0.29, 0.717) is 18.8 Å². The molecule has 1 amide bonds. The highest BCUT2D eigenvalue weighted by atomic mass is 35.5. The van der Waals surface area contributed by atoms with Crippen molar-refractivity contribution in [2.24, 2.45) is 5.18 Å². The molecule has 0 bridgehead atoms. The molecule has 1 aromatic carbocycles. The smallest absolute Gasteiger partial charge is 0.296 e. The third kappa shape index (κ3) is 6.14. The molecule has 3 heterocycles. The van der Waals surface area contributed by atoms with Gasteiger partial charge >= 0.3 is 0 Å². The van der Waals surface area contributed by atoms with Crippen LogP contribution in [0.5, 0.6) is 5.75 Å². The monoisotopic (exact) mass is 560 g/mol. The molecule has 3 aromatic rings. The molecule has 1 aliphatic carbocycles. The predicted molar refractivity (Wildman–Crippen MR) is 156 cm³/mol. The number of fused-ring (bicyclic) bond motifs is 1. The molecule has 40 heavy (non-hydrogen) atoms. The van der Waals surface area contributed by atoms with E-state index < -0.39 is 11.4 Å². The predicted octanol–water partition coefficient (Wildman–Crippen LogP) is 6.94. The number of ether oxygens (including phenoxy) is 1. The lowest BCUT2D eigenvalue weighted by atomic mass is 9.96. The standard InChI is InChI=1S/C30H33ClN6O3/c1-19-9-10-21(40-16-6-14-30(2,3)36-39)18-23(19)20-13-15-32-26(17-20)33-29(38)28-34-27-12-11-25(37(27)35-28)22-7-4-5-8-24(22)31/h5,8-10,13,15,17-18,25H,4,6-7,11-12,14,16H2,1-3H3,(H,32,33,38). The van der Waals surface area contributed by atoms with Crippen LogP contribution in [-0.4, -0.2) is 37.8 Å². The van der Waals surface area contributed by atoms with Crippen LogP contribution in [0, 0.1) is 11.8 Å². The highest BCUT2D eigenvalue weighted by Crippen LogP contribution is 2.38. The summed E-state index contributed by atoms with van der Waals surface area (Å²) in [6.45, 7) is 6.15. The van der Waals surface area contributed by atoms with E-state index in [2.05, 4.69) is 31.6 Å². The highest BCUT2D eigenvalue weighted by Gasteiger charge is 2.31. The number of hydrogen-bond acceptors (Lipinski definition) is 7. The molecule has 2 aliphatic rings. The van der Waals surface area contributed by atoms with Gasteiger partial charge < -0.3 is 10.1 Å². The van der Waals surface area contributed by atoms with E-state index >= 15 is 0 Å². The zero-order valence-electron chi connectivity index (χ0n) is 23.0. The molecule has 0 radical (unpaired) electrons. The average Bonchev–Trinajstić information content (AvgIpc) is 3.54. The molecule has 1 aliphatic heterocycles. The van der Waals surface area contributed by atoms with Crippen molar-refractivity contribution in [3.63, 3.8) is 0 Å². The first kappa shape index (κ1) is 27.7. The maximum atomic E-state index is 13.1. The minimum atomic E-state index is -0.591. The minimum absolute atomic E-state index is 0.0357.